The summed E-state index contributed by atoms with van der Waals surface area (Å²) in [7, 11) is 1.90. The fourth-order valence-electron chi connectivity index (χ4n) is 3.55. The quantitative estimate of drug-likeness (QED) is 0.647. The summed E-state index contributed by atoms with van der Waals surface area (Å²) in [6, 6.07) is 12.7. The number of carbonyl (C=O) groups is 1. The van der Waals surface area contributed by atoms with E-state index in [1.54, 1.807) is 29.3 Å². The first kappa shape index (κ1) is 18.4. The van der Waals surface area contributed by atoms with Crippen molar-refractivity contribution in [3.05, 3.63) is 66.2 Å². The van der Waals surface area contributed by atoms with Gasteiger partial charge in [-0.25, -0.2) is 4.98 Å². The third-order valence-electron chi connectivity index (χ3n) is 5.15. The number of benzene rings is 2. The van der Waals surface area contributed by atoms with Crippen LogP contribution in [0.5, 0.6) is 23.0 Å². The Balaban J connectivity index is 1.39. The van der Waals surface area contributed by atoms with E-state index in [2.05, 4.69) is 4.98 Å². The summed E-state index contributed by atoms with van der Waals surface area (Å²) >= 11 is 0. The smallest absolute Gasteiger partial charge is 0.254 e. The molecule has 0 N–H and O–H groups in total. The number of nitrogens with zero attached hydrogens (tertiary/aromatic N) is 3. The van der Waals surface area contributed by atoms with Gasteiger partial charge in [0.1, 0.15) is 12.4 Å². The minimum Gasteiger partial charge on any atom is -0.486 e. The molecule has 154 valence electrons. The van der Waals surface area contributed by atoms with Crippen molar-refractivity contribution < 1.29 is 23.7 Å². The van der Waals surface area contributed by atoms with Crippen LogP contribution in [-0.4, -0.2) is 46.4 Å². The number of amides is 1. The Morgan fingerprint density at radius 3 is 2.73 bits per heavy atom. The van der Waals surface area contributed by atoms with Gasteiger partial charge in [0.05, 0.1) is 13.1 Å². The first-order chi connectivity index (χ1) is 14.7. The van der Waals surface area contributed by atoms with Gasteiger partial charge in [-0.05, 0) is 30.3 Å². The van der Waals surface area contributed by atoms with Crippen molar-refractivity contribution in [1.82, 2.24) is 14.5 Å². The molecule has 8 heteroatoms. The Kier molecular flexibility index (Phi) is 4.66. The van der Waals surface area contributed by atoms with E-state index in [-0.39, 0.29) is 18.8 Å². The van der Waals surface area contributed by atoms with Gasteiger partial charge in [-0.1, -0.05) is 12.1 Å². The molecular formula is C22H21N3O5. The van der Waals surface area contributed by atoms with E-state index in [0.29, 0.717) is 48.3 Å². The number of fused-ring (bicyclic) bond motifs is 2. The van der Waals surface area contributed by atoms with Crippen LogP contribution in [-0.2, 0) is 13.6 Å². The number of aryl methyl sites for hydroxylation is 1. The molecule has 2 aliphatic rings. The van der Waals surface area contributed by atoms with E-state index in [1.807, 2.05) is 42.1 Å². The number of rotatable bonds is 5. The molecule has 2 aromatic carbocycles. The highest BCUT2D eigenvalue weighted by molar-refractivity contribution is 5.95. The van der Waals surface area contributed by atoms with Crippen LogP contribution in [0.3, 0.4) is 0 Å². The van der Waals surface area contributed by atoms with Gasteiger partial charge in [0.15, 0.2) is 29.1 Å². The van der Waals surface area contributed by atoms with E-state index in [0.717, 1.165) is 5.82 Å². The maximum atomic E-state index is 13.4. The molecule has 2 aliphatic heterocycles. The summed E-state index contributed by atoms with van der Waals surface area (Å²) in [6.45, 7) is 1.23. The highest BCUT2D eigenvalue weighted by atomic mass is 16.7. The summed E-state index contributed by atoms with van der Waals surface area (Å²) in [5, 5.41) is 0. The lowest BCUT2D eigenvalue weighted by Gasteiger charge is -2.31. The minimum atomic E-state index is -0.293. The van der Waals surface area contributed by atoms with Crippen molar-refractivity contribution >= 4 is 5.91 Å². The zero-order valence-electron chi connectivity index (χ0n) is 16.5. The predicted molar refractivity (Wildman–Crippen MR) is 107 cm³/mol. The second-order valence-corrected chi connectivity index (χ2v) is 7.21. The van der Waals surface area contributed by atoms with Crippen molar-refractivity contribution in [2.24, 2.45) is 7.05 Å². The third kappa shape index (κ3) is 3.52. The van der Waals surface area contributed by atoms with Crippen molar-refractivity contribution in [2.45, 2.75) is 12.6 Å². The van der Waals surface area contributed by atoms with Crippen LogP contribution in [0.1, 0.15) is 16.2 Å². The fraction of sp³-hybridized carbons (Fsp3) is 0.273. The Bertz CT molecular complexity index is 1080. The Morgan fingerprint density at radius 1 is 1.10 bits per heavy atom. The van der Waals surface area contributed by atoms with E-state index in [1.165, 1.54) is 0 Å². The molecule has 0 radical (unpaired) electrons. The summed E-state index contributed by atoms with van der Waals surface area (Å²) in [5.41, 5.74) is 0.519. The third-order valence-corrected chi connectivity index (χ3v) is 5.15. The maximum absolute atomic E-state index is 13.4. The van der Waals surface area contributed by atoms with Crippen molar-refractivity contribution in [2.75, 3.05) is 19.9 Å². The van der Waals surface area contributed by atoms with E-state index in [4.69, 9.17) is 18.9 Å². The summed E-state index contributed by atoms with van der Waals surface area (Å²) < 4.78 is 24.6. The van der Waals surface area contributed by atoms with Crippen LogP contribution in [0.15, 0.2) is 54.9 Å². The largest absolute Gasteiger partial charge is 0.486 e. The zero-order valence-corrected chi connectivity index (χ0v) is 16.5. The molecule has 0 aliphatic carbocycles. The number of para-hydroxylation sites is 2. The Labute approximate surface area is 173 Å². The van der Waals surface area contributed by atoms with Gasteiger partial charge < -0.3 is 28.4 Å². The number of aromatic nitrogens is 2. The molecule has 8 nitrogen and oxygen atoms in total. The summed E-state index contributed by atoms with van der Waals surface area (Å²) in [5.74, 6) is 3.25. The zero-order chi connectivity index (χ0) is 20.5. The van der Waals surface area contributed by atoms with Gasteiger partial charge in [0.25, 0.3) is 5.91 Å². The molecule has 0 unspecified atom stereocenters. The molecule has 5 rings (SSSR count). The molecule has 1 atom stereocenters. The summed E-state index contributed by atoms with van der Waals surface area (Å²) in [4.78, 5) is 19.5. The van der Waals surface area contributed by atoms with Gasteiger partial charge in [-0.2, -0.15) is 0 Å². The van der Waals surface area contributed by atoms with E-state index in [9.17, 15) is 4.79 Å². The highest BCUT2D eigenvalue weighted by Gasteiger charge is 2.28. The standard InChI is InChI=1S/C22H21N3O5/c1-24-9-8-23-21(24)12-25(11-16-13-27-17-4-2-3-5-19(17)30-16)22(26)15-6-7-18-20(10-15)29-14-28-18/h2-10,16H,11-14H2,1H3/t16-/m1/s1. The Morgan fingerprint density at radius 2 is 1.90 bits per heavy atom. The lowest BCUT2D eigenvalue weighted by molar-refractivity contribution is 0.0436. The number of imidazole rings is 1. The molecular weight excluding hydrogens is 386 g/mol. The molecule has 3 heterocycles. The first-order valence-corrected chi connectivity index (χ1v) is 9.71. The predicted octanol–water partition coefficient (Wildman–Crippen LogP) is 2.63. The number of hydrogen-bond acceptors (Lipinski definition) is 6. The topological polar surface area (TPSA) is 75.1 Å². The van der Waals surface area contributed by atoms with Crippen LogP contribution in [0.2, 0.25) is 0 Å². The van der Waals surface area contributed by atoms with Gasteiger partial charge in [0, 0.05) is 25.0 Å². The second kappa shape index (κ2) is 7.62. The lowest BCUT2D eigenvalue weighted by atomic mass is 10.1. The second-order valence-electron chi connectivity index (χ2n) is 7.21. The monoisotopic (exact) mass is 407 g/mol. The van der Waals surface area contributed by atoms with Crippen LogP contribution >= 0.6 is 0 Å². The average molecular weight is 407 g/mol. The van der Waals surface area contributed by atoms with Crippen molar-refractivity contribution in [3.8, 4) is 23.0 Å². The Hall–Kier alpha value is -3.68. The maximum Gasteiger partial charge on any atom is 0.254 e. The van der Waals surface area contributed by atoms with Gasteiger partial charge >= 0.3 is 0 Å². The molecule has 30 heavy (non-hydrogen) atoms. The molecule has 0 saturated carbocycles. The molecule has 0 fully saturated rings. The molecule has 0 spiro atoms. The molecule has 3 aromatic rings. The van der Waals surface area contributed by atoms with E-state index >= 15 is 0 Å². The number of ether oxygens (including phenoxy) is 4. The SMILES string of the molecule is Cn1ccnc1CN(C[C@@H]1COc2ccccc2O1)C(=O)c1ccc2c(c1)OCO2. The number of hydrogen-bond donors (Lipinski definition) is 0. The highest BCUT2D eigenvalue weighted by Crippen LogP contribution is 2.34. The fourth-order valence-corrected chi connectivity index (χ4v) is 3.55. The van der Waals surface area contributed by atoms with Crippen molar-refractivity contribution in [3.63, 3.8) is 0 Å². The molecule has 0 bridgehead atoms. The van der Waals surface area contributed by atoms with Crippen LogP contribution in [0.4, 0.5) is 0 Å². The number of carbonyl (C=O) groups excluding carboxylic acids is 1. The van der Waals surface area contributed by atoms with Crippen LogP contribution in [0.25, 0.3) is 0 Å². The van der Waals surface area contributed by atoms with Gasteiger partial charge in [-0.3, -0.25) is 4.79 Å². The van der Waals surface area contributed by atoms with Crippen molar-refractivity contribution in [1.29, 1.82) is 0 Å². The van der Waals surface area contributed by atoms with Crippen LogP contribution < -0.4 is 18.9 Å². The van der Waals surface area contributed by atoms with Gasteiger partial charge in [0.2, 0.25) is 6.79 Å². The molecule has 1 amide bonds. The normalized spacial score (nSPS) is 16.4. The lowest BCUT2D eigenvalue weighted by Crippen LogP contribution is -2.43. The van der Waals surface area contributed by atoms with E-state index < -0.39 is 0 Å². The van der Waals surface area contributed by atoms with Crippen LogP contribution in [0, 0.1) is 0 Å². The minimum absolute atomic E-state index is 0.140. The first-order valence-electron chi connectivity index (χ1n) is 9.71. The summed E-state index contributed by atoms with van der Waals surface area (Å²) in [6.07, 6.45) is 3.28. The molecule has 0 saturated heterocycles. The van der Waals surface area contributed by atoms with Gasteiger partial charge in [-0.15, -0.1) is 0 Å². The average Bonchev–Trinajstić information content (AvgIpc) is 3.41. The molecule has 1 aromatic heterocycles.